The Morgan fingerprint density at radius 3 is 3.04 bits per heavy atom. The summed E-state index contributed by atoms with van der Waals surface area (Å²) >= 11 is 1.59. The van der Waals surface area contributed by atoms with Gasteiger partial charge in [0.1, 0.15) is 36.5 Å². The Labute approximate surface area is 167 Å². The van der Waals surface area contributed by atoms with Gasteiger partial charge >= 0.3 is 5.97 Å². The number of rotatable bonds is 7. The number of esters is 1. The van der Waals surface area contributed by atoms with Crippen LogP contribution < -0.4 is 10.1 Å². The number of nitrogens with zero attached hydrogens (tertiary/aromatic N) is 1. The second-order valence-electron chi connectivity index (χ2n) is 6.69. The number of ether oxygens (including phenoxy) is 2. The van der Waals surface area contributed by atoms with Gasteiger partial charge in [0.15, 0.2) is 0 Å². The molecule has 0 radical (unpaired) electrons. The van der Waals surface area contributed by atoms with E-state index in [2.05, 4.69) is 10.3 Å². The molecule has 3 heterocycles. The van der Waals surface area contributed by atoms with E-state index in [4.69, 9.17) is 13.9 Å². The van der Waals surface area contributed by atoms with Crippen LogP contribution in [0.2, 0.25) is 0 Å². The SMILES string of the molecule is Cc1oc(-c2cccs2)nc1COc1cccc(COC(=O)C2CCCN2)c1. The maximum Gasteiger partial charge on any atom is 0.323 e. The maximum atomic E-state index is 12.0. The Bertz CT molecular complexity index is 930. The molecule has 0 aliphatic carbocycles. The van der Waals surface area contributed by atoms with Crippen molar-refractivity contribution in [2.45, 2.75) is 39.0 Å². The Morgan fingerprint density at radius 2 is 2.25 bits per heavy atom. The molecular weight excluding hydrogens is 376 g/mol. The number of benzene rings is 1. The van der Waals surface area contributed by atoms with Crippen LogP contribution in [0.15, 0.2) is 46.2 Å². The zero-order valence-electron chi connectivity index (χ0n) is 15.6. The van der Waals surface area contributed by atoms with Crippen LogP contribution in [-0.4, -0.2) is 23.5 Å². The lowest BCUT2D eigenvalue weighted by Crippen LogP contribution is -2.32. The Balaban J connectivity index is 1.34. The molecule has 1 aromatic carbocycles. The first kappa shape index (κ1) is 18.7. The summed E-state index contributed by atoms with van der Waals surface area (Å²) in [4.78, 5) is 17.5. The van der Waals surface area contributed by atoms with Gasteiger partial charge in [0.05, 0.1) is 4.88 Å². The van der Waals surface area contributed by atoms with Crippen LogP contribution in [0.5, 0.6) is 5.75 Å². The average Bonchev–Trinajstić information content (AvgIpc) is 3.46. The molecular formula is C21H22N2O4S. The highest BCUT2D eigenvalue weighted by Gasteiger charge is 2.23. The number of carbonyl (C=O) groups is 1. The van der Waals surface area contributed by atoms with Crippen molar-refractivity contribution < 1.29 is 18.7 Å². The third-order valence-electron chi connectivity index (χ3n) is 4.62. The molecule has 7 heteroatoms. The average molecular weight is 398 g/mol. The lowest BCUT2D eigenvalue weighted by Gasteiger charge is -2.11. The van der Waals surface area contributed by atoms with E-state index in [1.807, 2.05) is 48.7 Å². The Hall–Kier alpha value is -2.64. The lowest BCUT2D eigenvalue weighted by atomic mass is 10.2. The van der Waals surface area contributed by atoms with Crippen LogP contribution in [0, 0.1) is 6.92 Å². The van der Waals surface area contributed by atoms with Crippen molar-refractivity contribution in [2.24, 2.45) is 0 Å². The van der Waals surface area contributed by atoms with Crippen LogP contribution in [0.25, 0.3) is 10.8 Å². The molecule has 1 saturated heterocycles. The third kappa shape index (κ3) is 4.43. The van der Waals surface area contributed by atoms with Crippen molar-refractivity contribution in [1.29, 1.82) is 0 Å². The predicted molar refractivity (Wildman–Crippen MR) is 106 cm³/mol. The van der Waals surface area contributed by atoms with Crippen LogP contribution in [-0.2, 0) is 22.7 Å². The molecule has 4 rings (SSSR count). The predicted octanol–water partition coefficient (Wildman–Crippen LogP) is 4.09. The Morgan fingerprint density at radius 1 is 1.32 bits per heavy atom. The quantitative estimate of drug-likeness (QED) is 0.605. The molecule has 0 spiro atoms. The highest BCUT2D eigenvalue weighted by molar-refractivity contribution is 7.13. The molecule has 0 amide bonds. The largest absolute Gasteiger partial charge is 0.487 e. The molecule has 1 N–H and O–H groups in total. The first-order valence-electron chi connectivity index (χ1n) is 9.31. The van der Waals surface area contributed by atoms with Gasteiger partial charge < -0.3 is 19.2 Å². The summed E-state index contributed by atoms with van der Waals surface area (Å²) in [5.74, 6) is 1.88. The number of hydrogen-bond acceptors (Lipinski definition) is 7. The number of thiophene rings is 1. The van der Waals surface area contributed by atoms with Crippen molar-refractivity contribution >= 4 is 17.3 Å². The molecule has 146 valence electrons. The van der Waals surface area contributed by atoms with Gasteiger partial charge in [-0.1, -0.05) is 18.2 Å². The summed E-state index contributed by atoms with van der Waals surface area (Å²) in [5, 5.41) is 5.14. The molecule has 3 aromatic rings. The minimum Gasteiger partial charge on any atom is -0.487 e. The summed E-state index contributed by atoms with van der Waals surface area (Å²) in [6, 6.07) is 11.3. The standard InChI is InChI=1S/C21H22N2O4S/c1-14-18(23-20(27-14)19-8-4-10-28-19)13-25-16-6-2-5-15(11-16)12-26-21(24)17-7-3-9-22-17/h2,4-6,8,10-11,17,22H,3,7,9,12-13H2,1H3. The minimum atomic E-state index is -0.192. The second kappa shape index (κ2) is 8.58. The van der Waals surface area contributed by atoms with Crippen molar-refractivity contribution in [3.05, 3.63) is 58.8 Å². The van der Waals surface area contributed by atoms with Crippen molar-refractivity contribution in [2.75, 3.05) is 6.54 Å². The van der Waals surface area contributed by atoms with Gasteiger partial charge in [0, 0.05) is 0 Å². The molecule has 1 aliphatic heterocycles. The van der Waals surface area contributed by atoms with Crippen LogP contribution in [0.3, 0.4) is 0 Å². The van der Waals surface area contributed by atoms with Crippen molar-refractivity contribution in [3.8, 4) is 16.5 Å². The fourth-order valence-corrected chi connectivity index (χ4v) is 3.73. The summed E-state index contributed by atoms with van der Waals surface area (Å²) in [7, 11) is 0. The number of carbonyl (C=O) groups excluding carboxylic acids is 1. The highest BCUT2D eigenvalue weighted by atomic mass is 32.1. The van der Waals surface area contributed by atoms with Crippen LogP contribution in [0.4, 0.5) is 0 Å². The molecule has 28 heavy (non-hydrogen) atoms. The highest BCUT2D eigenvalue weighted by Crippen LogP contribution is 2.26. The number of aromatic nitrogens is 1. The summed E-state index contributed by atoms with van der Waals surface area (Å²) in [6.45, 7) is 3.31. The zero-order valence-corrected chi connectivity index (χ0v) is 16.5. The van der Waals surface area contributed by atoms with E-state index in [1.165, 1.54) is 0 Å². The molecule has 1 fully saturated rings. The fourth-order valence-electron chi connectivity index (χ4n) is 3.09. The number of oxazole rings is 1. The monoisotopic (exact) mass is 398 g/mol. The normalized spacial score (nSPS) is 16.2. The zero-order chi connectivity index (χ0) is 19.3. The first-order valence-corrected chi connectivity index (χ1v) is 10.2. The van der Waals surface area contributed by atoms with E-state index in [9.17, 15) is 4.79 Å². The van der Waals surface area contributed by atoms with E-state index >= 15 is 0 Å². The third-order valence-corrected chi connectivity index (χ3v) is 5.48. The van der Waals surface area contributed by atoms with E-state index in [0.717, 1.165) is 41.3 Å². The number of aryl methyl sites for hydroxylation is 1. The van der Waals surface area contributed by atoms with Gasteiger partial charge in [-0.2, -0.15) is 0 Å². The van der Waals surface area contributed by atoms with Crippen LogP contribution >= 0.6 is 11.3 Å². The molecule has 6 nitrogen and oxygen atoms in total. The molecule has 1 aliphatic rings. The minimum absolute atomic E-state index is 0.174. The molecule has 0 saturated carbocycles. The van der Waals surface area contributed by atoms with Crippen LogP contribution in [0.1, 0.15) is 29.9 Å². The van der Waals surface area contributed by atoms with Gasteiger partial charge in [-0.15, -0.1) is 11.3 Å². The number of hydrogen-bond donors (Lipinski definition) is 1. The second-order valence-corrected chi connectivity index (χ2v) is 7.64. The van der Waals surface area contributed by atoms with Crippen molar-refractivity contribution in [1.82, 2.24) is 10.3 Å². The van der Waals surface area contributed by atoms with Gasteiger partial charge in [-0.3, -0.25) is 4.79 Å². The summed E-state index contributed by atoms with van der Waals surface area (Å²) in [6.07, 6.45) is 1.85. The fraction of sp³-hybridized carbons (Fsp3) is 0.333. The Kier molecular flexibility index (Phi) is 5.73. The summed E-state index contributed by atoms with van der Waals surface area (Å²) in [5.41, 5.74) is 1.66. The van der Waals surface area contributed by atoms with Gasteiger partial charge in [0.2, 0.25) is 5.89 Å². The molecule has 1 unspecified atom stereocenters. The van der Waals surface area contributed by atoms with E-state index < -0.39 is 0 Å². The molecule has 0 bridgehead atoms. The number of nitrogens with one attached hydrogen (secondary N) is 1. The van der Waals surface area contributed by atoms with Gasteiger partial charge in [-0.25, -0.2) is 4.98 Å². The maximum absolute atomic E-state index is 12.0. The first-order chi connectivity index (χ1) is 13.7. The van der Waals surface area contributed by atoms with Gasteiger partial charge in [-0.05, 0) is 55.5 Å². The van der Waals surface area contributed by atoms with Gasteiger partial charge in [0.25, 0.3) is 0 Å². The molecule has 2 aromatic heterocycles. The van der Waals surface area contributed by atoms with E-state index in [1.54, 1.807) is 11.3 Å². The molecule has 1 atom stereocenters. The summed E-state index contributed by atoms with van der Waals surface area (Å²) < 4.78 is 17.0. The topological polar surface area (TPSA) is 73.6 Å². The lowest BCUT2D eigenvalue weighted by molar-refractivity contribution is -0.147. The van der Waals surface area contributed by atoms with E-state index in [0.29, 0.717) is 18.2 Å². The van der Waals surface area contributed by atoms with E-state index in [-0.39, 0.29) is 18.6 Å². The smallest absolute Gasteiger partial charge is 0.323 e. The van der Waals surface area contributed by atoms with Crippen molar-refractivity contribution in [3.63, 3.8) is 0 Å².